The number of rotatable bonds is 9. The Kier molecular flexibility index (Phi) is 7.95. The van der Waals surface area contributed by atoms with Crippen LogP contribution >= 0.6 is 11.8 Å². The number of primary amides is 1. The first kappa shape index (κ1) is 26.0. The van der Waals surface area contributed by atoms with Gasteiger partial charge in [-0.2, -0.15) is 0 Å². The quantitative estimate of drug-likeness (QED) is 0.251. The molecule has 0 bridgehead atoms. The lowest BCUT2D eigenvalue weighted by atomic mass is 10.1. The molecule has 188 valence electrons. The minimum absolute atomic E-state index is 0.175. The van der Waals surface area contributed by atoms with Gasteiger partial charge in [-0.25, -0.2) is 8.42 Å². The third kappa shape index (κ3) is 6.58. The number of thioether (sulfide) groups is 1. The van der Waals surface area contributed by atoms with Gasteiger partial charge in [-0.1, -0.05) is 60.2 Å². The smallest absolute Gasteiger partial charge is 0.261 e. The molecular formula is C28H25N3O4S2. The van der Waals surface area contributed by atoms with Crippen LogP contribution in [0.5, 0.6) is 0 Å². The maximum Gasteiger partial charge on any atom is 0.261 e. The highest BCUT2D eigenvalue weighted by Crippen LogP contribution is 2.37. The topological polar surface area (TPSA) is 118 Å². The van der Waals surface area contributed by atoms with Crippen LogP contribution in [0.2, 0.25) is 0 Å². The molecule has 0 aliphatic carbocycles. The molecule has 0 heterocycles. The number of carbonyl (C=O) groups is 2. The molecule has 2 amide bonds. The van der Waals surface area contributed by atoms with Crippen molar-refractivity contribution < 1.29 is 18.0 Å². The maximum absolute atomic E-state index is 13.4. The zero-order valence-electron chi connectivity index (χ0n) is 19.9. The van der Waals surface area contributed by atoms with Gasteiger partial charge in [-0.3, -0.25) is 14.3 Å². The van der Waals surface area contributed by atoms with Crippen molar-refractivity contribution in [3.63, 3.8) is 0 Å². The monoisotopic (exact) mass is 531 g/mol. The number of benzene rings is 4. The molecule has 1 atom stereocenters. The van der Waals surface area contributed by atoms with Crippen molar-refractivity contribution in [1.29, 1.82) is 0 Å². The Balaban J connectivity index is 1.54. The number of anilines is 2. The number of carbonyl (C=O) groups excluding carboxylic acids is 2. The Hall–Kier alpha value is -4.08. The SMILES string of the molecule is Cc1ccc(S(=O)(=O)Nc2ccc(SC(C(=O)Nc3ccccc3C(N)=O)c3ccccc3)cc2)cc1. The first-order chi connectivity index (χ1) is 17.7. The predicted molar refractivity (Wildman–Crippen MR) is 147 cm³/mol. The fraction of sp³-hybridized carbons (Fsp3) is 0.0714. The molecule has 0 saturated heterocycles. The fourth-order valence-corrected chi connectivity index (χ4v) is 5.66. The molecule has 4 rings (SSSR count). The summed E-state index contributed by atoms with van der Waals surface area (Å²) in [5, 5.41) is 2.18. The van der Waals surface area contributed by atoms with Crippen LogP contribution in [-0.4, -0.2) is 20.2 Å². The molecule has 4 N–H and O–H groups in total. The molecule has 0 spiro atoms. The second-order valence-corrected chi connectivity index (χ2v) is 11.1. The molecule has 0 aliphatic rings. The highest BCUT2D eigenvalue weighted by atomic mass is 32.2. The number of nitrogens with one attached hydrogen (secondary N) is 2. The largest absolute Gasteiger partial charge is 0.366 e. The van der Waals surface area contributed by atoms with Crippen molar-refractivity contribution in [2.24, 2.45) is 5.73 Å². The minimum atomic E-state index is -3.73. The Labute approximate surface area is 220 Å². The summed E-state index contributed by atoms with van der Waals surface area (Å²) >= 11 is 1.30. The number of hydrogen-bond donors (Lipinski definition) is 3. The van der Waals surface area contributed by atoms with Crippen LogP contribution in [0, 0.1) is 6.92 Å². The van der Waals surface area contributed by atoms with Gasteiger partial charge in [0.05, 0.1) is 16.1 Å². The molecule has 37 heavy (non-hydrogen) atoms. The summed E-state index contributed by atoms with van der Waals surface area (Å²) in [7, 11) is -3.73. The molecule has 0 aromatic heterocycles. The Morgan fingerprint density at radius 3 is 2.08 bits per heavy atom. The Morgan fingerprint density at radius 1 is 0.811 bits per heavy atom. The van der Waals surface area contributed by atoms with E-state index in [1.807, 2.05) is 37.3 Å². The molecule has 7 nitrogen and oxygen atoms in total. The number of hydrogen-bond acceptors (Lipinski definition) is 5. The predicted octanol–water partition coefficient (Wildman–Crippen LogP) is 5.37. The van der Waals surface area contributed by atoms with Crippen LogP contribution < -0.4 is 15.8 Å². The van der Waals surface area contributed by atoms with E-state index in [1.165, 1.54) is 11.8 Å². The van der Waals surface area contributed by atoms with Crippen LogP contribution in [0.4, 0.5) is 11.4 Å². The maximum atomic E-state index is 13.4. The molecule has 0 radical (unpaired) electrons. The third-order valence-electron chi connectivity index (χ3n) is 5.48. The molecule has 1 unspecified atom stereocenters. The van der Waals surface area contributed by atoms with Crippen LogP contribution in [0.3, 0.4) is 0 Å². The fourth-order valence-electron chi connectivity index (χ4n) is 3.58. The lowest BCUT2D eigenvalue weighted by Crippen LogP contribution is -2.22. The zero-order valence-corrected chi connectivity index (χ0v) is 21.6. The van der Waals surface area contributed by atoms with E-state index in [0.717, 1.165) is 16.0 Å². The summed E-state index contributed by atoms with van der Waals surface area (Å²) in [6, 6.07) is 29.2. The lowest BCUT2D eigenvalue weighted by Gasteiger charge is -2.18. The van der Waals surface area contributed by atoms with Gasteiger partial charge in [0.2, 0.25) is 5.91 Å². The van der Waals surface area contributed by atoms with E-state index in [4.69, 9.17) is 5.73 Å². The van der Waals surface area contributed by atoms with Gasteiger partial charge in [-0.05, 0) is 61.0 Å². The summed E-state index contributed by atoms with van der Waals surface area (Å²) in [5.41, 5.74) is 8.16. The zero-order chi connectivity index (χ0) is 26.4. The van der Waals surface area contributed by atoms with Gasteiger partial charge in [0.15, 0.2) is 0 Å². The van der Waals surface area contributed by atoms with E-state index >= 15 is 0 Å². The van der Waals surface area contributed by atoms with E-state index < -0.39 is 21.2 Å². The Morgan fingerprint density at radius 2 is 1.43 bits per heavy atom. The molecule has 0 saturated carbocycles. The van der Waals surface area contributed by atoms with Crippen molar-refractivity contribution in [3.05, 3.63) is 120 Å². The molecule has 0 aliphatic heterocycles. The standard InChI is InChI=1S/C28H25N3O4S2/c1-19-11-17-23(18-12-19)37(34,35)31-21-13-15-22(16-14-21)36-26(20-7-3-2-4-8-20)28(33)30-25-10-6-5-9-24(25)27(29)32/h2-18,26,31H,1H3,(H2,29,32)(H,30,33). The van der Waals surface area contributed by atoms with E-state index in [9.17, 15) is 18.0 Å². The first-order valence-corrected chi connectivity index (χ1v) is 13.7. The summed E-state index contributed by atoms with van der Waals surface area (Å²) in [6.07, 6.45) is 0. The third-order valence-corrected chi connectivity index (χ3v) is 8.15. The molecular weight excluding hydrogens is 506 g/mol. The lowest BCUT2D eigenvalue weighted by molar-refractivity contribution is -0.115. The van der Waals surface area contributed by atoms with Crippen molar-refractivity contribution in [3.8, 4) is 0 Å². The van der Waals surface area contributed by atoms with Gasteiger partial charge in [0, 0.05) is 10.6 Å². The van der Waals surface area contributed by atoms with E-state index in [1.54, 1.807) is 72.8 Å². The van der Waals surface area contributed by atoms with E-state index in [0.29, 0.717) is 11.4 Å². The van der Waals surface area contributed by atoms with Crippen LogP contribution in [0.25, 0.3) is 0 Å². The highest BCUT2D eigenvalue weighted by molar-refractivity contribution is 8.00. The number of sulfonamides is 1. The number of nitrogens with two attached hydrogens (primary N) is 1. The summed E-state index contributed by atoms with van der Waals surface area (Å²) in [6.45, 7) is 1.89. The molecule has 4 aromatic carbocycles. The second kappa shape index (κ2) is 11.3. The minimum Gasteiger partial charge on any atom is -0.366 e. The summed E-state index contributed by atoms with van der Waals surface area (Å²) in [4.78, 5) is 26.1. The van der Waals surface area contributed by atoms with Crippen LogP contribution in [0.1, 0.15) is 26.7 Å². The van der Waals surface area contributed by atoms with E-state index in [-0.39, 0.29) is 16.4 Å². The first-order valence-electron chi connectivity index (χ1n) is 11.3. The van der Waals surface area contributed by atoms with Gasteiger partial charge in [-0.15, -0.1) is 11.8 Å². The normalized spacial score (nSPS) is 11.9. The Bertz CT molecular complexity index is 1510. The number of para-hydroxylation sites is 1. The average Bonchev–Trinajstić information content (AvgIpc) is 2.89. The van der Waals surface area contributed by atoms with Gasteiger partial charge in [0.25, 0.3) is 15.9 Å². The second-order valence-electron chi connectivity index (χ2n) is 8.25. The van der Waals surface area contributed by atoms with Crippen molar-refractivity contribution in [2.75, 3.05) is 10.0 Å². The summed E-state index contributed by atoms with van der Waals surface area (Å²) in [5.74, 6) is -0.961. The van der Waals surface area contributed by atoms with Crippen LogP contribution in [0.15, 0.2) is 113 Å². The highest BCUT2D eigenvalue weighted by Gasteiger charge is 2.24. The van der Waals surface area contributed by atoms with Crippen molar-refractivity contribution >= 4 is 45.0 Å². The van der Waals surface area contributed by atoms with Gasteiger partial charge in [0.1, 0.15) is 5.25 Å². The number of aryl methyl sites for hydroxylation is 1. The van der Waals surface area contributed by atoms with Gasteiger partial charge < -0.3 is 11.1 Å². The number of amides is 2. The summed E-state index contributed by atoms with van der Waals surface area (Å²) < 4.78 is 28.0. The van der Waals surface area contributed by atoms with Gasteiger partial charge >= 0.3 is 0 Å². The van der Waals surface area contributed by atoms with Crippen LogP contribution in [-0.2, 0) is 14.8 Å². The average molecular weight is 532 g/mol. The van der Waals surface area contributed by atoms with Crippen molar-refractivity contribution in [2.45, 2.75) is 22.0 Å². The molecule has 9 heteroatoms. The van der Waals surface area contributed by atoms with E-state index in [2.05, 4.69) is 10.0 Å². The molecule has 4 aromatic rings. The van der Waals surface area contributed by atoms with Crippen molar-refractivity contribution in [1.82, 2.24) is 0 Å². The molecule has 0 fully saturated rings.